The Balaban J connectivity index is 1.76. The first-order valence-corrected chi connectivity index (χ1v) is 8.10. The van der Waals surface area contributed by atoms with E-state index in [1.54, 1.807) is 0 Å². The van der Waals surface area contributed by atoms with Crippen LogP contribution in [0.2, 0.25) is 0 Å². The van der Waals surface area contributed by atoms with Crippen LogP contribution in [-0.2, 0) is 9.53 Å². The average molecular weight is 266 g/mol. The van der Waals surface area contributed by atoms with Gasteiger partial charge in [0.1, 0.15) is 6.61 Å². The molecule has 0 aromatic carbocycles. The number of ketones is 1. The van der Waals surface area contributed by atoms with Gasteiger partial charge in [-0.1, -0.05) is 40.0 Å². The lowest BCUT2D eigenvalue weighted by molar-refractivity contribution is -0.132. The summed E-state index contributed by atoms with van der Waals surface area (Å²) in [5.41, 5.74) is 0.371. The molecule has 2 aliphatic carbocycles. The minimum atomic E-state index is 0.294. The second-order valence-electron chi connectivity index (χ2n) is 7.65. The predicted octanol–water partition coefficient (Wildman–Crippen LogP) is 4.37. The highest BCUT2D eigenvalue weighted by Crippen LogP contribution is 2.39. The van der Waals surface area contributed by atoms with E-state index in [2.05, 4.69) is 20.8 Å². The molecule has 0 aliphatic heterocycles. The highest BCUT2D eigenvalue weighted by molar-refractivity contribution is 5.82. The summed E-state index contributed by atoms with van der Waals surface area (Å²) in [6, 6.07) is 0. The Labute approximate surface area is 118 Å². The first-order valence-electron chi connectivity index (χ1n) is 8.10. The van der Waals surface area contributed by atoms with Gasteiger partial charge in [0, 0.05) is 5.92 Å². The predicted molar refractivity (Wildman–Crippen MR) is 78.1 cm³/mol. The lowest BCUT2D eigenvalue weighted by Gasteiger charge is -2.38. The first kappa shape index (κ1) is 15.0. The van der Waals surface area contributed by atoms with Crippen LogP contribution in [0.4, 0.5) is 0 Å². The molecule has 2 saturated carbocycles. The highest BCUT2D eigenvalue weighted by atomic mass is 16.5. The third-order valence-electron chi connectivity index (χ3n) is 4.87. The molecule has 2 heteroatoms. The number of hydrogen-bond acceptors (Lipinski definition) is 2. The maximum absolute atomic E-state index is 12.2. The van der Waals surface area contributed by atoms with Crippen molar-refractivity contribution in [2.24, 2.45) is 17.3 Å². The smallest absolute Gasteiger partial charge is 0.161 e. The Bertz CT molecular complexity index is 302. The first-order chi connectivity index (χ1) is 8.96. The van der Waals surface area contributed by atoms with Gasteiger partial charge in [0.2, 0.25) is 0 Å². The van der Waals surface area contributed by atoms with Crippen LogP contribution < -0.4 is 0 Å². The van der Waals surface area contributed by atoms with Crippen LogP contribution in [0.15, 0.2) is 0 Å². The molecule has 19 heavy (non-hydrogen) atoms. The van der Waals surface area contributed by atoms with Gasteiger partial charge in [0.25, 0.3) is 0 Å². The van der Waals surface area contributed by atoms with E-state index in [9.17, 15) is 4.79 Å². The molecular formula is C17H30O2. The van der Waals surface area contributed by atoms with Gasteiger partial charge in [0.15, 0.2) is 5.78 Å². The zero-order chi connectivity index (χ0) is 13.9. The molecule has 0 amide bonds. The van der Waals surface area contributed by atoms with Crippen molar-refractivity contribution in [2.45, 2.75) is 78.2 Å². The molecule has 2 aliphatic rings. The number of Topliss-reactive ketones (excluding diaryl/α,β-unsaturated/α-hetero) is 1. The fraction of sp³-hybridized carbons (Fsp3) is 0.941. The third-order valence-corrected chi connectivity index (χ3v) is 4.87. The van der Waals surface area contributed by atoms with Crippen LogP contribution in [0.5, 0.6) is 0 Å². The minimum absolute atomic E-state index is 0.294. The lowest BCUT2D eigenvalue weighted by Crippen LogP contribution is -2.34. The molecule has 0 spiro atoms. The van der Waals surface area contributed by atoms with Gasteiger partial charge in [-0.2, -0.15) is 0 Å². The van der Waals surface area contributed by atoms with Crippen LogP contribution in [0.25, 0.3) is 0 Å². The molecule has 0 saturated heterocycles. The molecule has 2 rings (SSSR count). The topological polar surface area (TPSA) is 26.3 Å². The maximum atomic E-state index is 12.2. The number of rotatable bonds is 4. The summed E-state index contributed by atoms with van der Waals surface area (Å²) in [6.45, 7) is 7.31. The summed E-state index contributed by atoms with van der Waals surface area (Å²) in [7, 11) is 0. The largest absolute Gasteiger partial charge is 0.370 e. The molecule has 0 heterocycles. The Morgan fingerprint density at radius 2 is 1.84 bits per heavy atom. The van der Waals surface area contributed by atoms with E-state index in [-0.39, 0.29) is 0 Å². The van der Waals surface area contributed by atoms with Gasteiger partial charge in [-0.05, 0) is 43.4 Å². The number of ether oxygens (including phenoxy) is 1. The summed E-state index contributed by atoms with van der Waals surface area (Å²) in [5.74, 6) is 1.37. The molecule has 110 valence electrons. The molecule has 2 atom stereocenters. The monoisotopic (exact) mass is 266 g/mol. The zero-order valence-corrected chi connectivity index (χ0v) is 12.9. The van der Waals surface area contributed by atoms with Crippen molar-refractivity contribution in [1.29, 1.82) is 0 Å². The van der Waals surface area contributed by atoms with E-state index in [0.717, 1.165) is 31.6 Å². The molecule has 2 fully saturated rings. The van der Waals surface area contributed by atoms with E-state index in [0.29, 0.717) is 29.8 Å². The van der Waals surface area contributed by atoms with E-state index >= 15 is 0 Å². The van der Waals surface area contributed by atoms with Gasteiger partial charge in [-0.3, -0.25) is 4.79 Å². The van der Waals surface area contributed by atoms with E-state index < -0.39 is 0 Å². The summed E-state index contributed by atoms with van der Waals surface area (Å²) >= 11 is 0. The van der Waals surface area contributed by atoms with E-state index in [1.165, 1.54) is 25.7 Å². The Kier molecular flexibility index (Phi) is 5.05. The SMILES string of the molecule is CC1CC(OCC(=O)C2CCCCC2)CC(C)(C)C1. The molecule has 0 bridgehead atoms. The van der Waals surface area contributed by atoms with Gasteiger partial charge in [-0.15, -0.1) is 0 Å². The van der Waals surface area contributed by atoms with Gasteiger partial charge < -0.3 is 4.74 Å². The number of carbonyl (C=O) groups excluding carboxylic acids is 1. The Hall–Kier alpha value is -0.370. The van der Waals surface area contributed by atoms with E-state index in [4.69, 9.17) is 4.74 Å². The summed E-state index contributed by atoms with van der Waals surface area (Å²) < 4.78 is 5.95. The molecular weight excluding hydrogens is 236 g/mol. The van der Waals surface area contributed by atoms with Gasteiger partial charge in [-0.25, -0.2) is 0 Å². The summed E-state index contributed by atoms with van der Waals surface area (Å²) in [4.78, 5) is 12.2. The Morgan fingerprint density at radius 1 is 1.16 bits per heavy atom. The molecule has 0 N–H and O–H groups in total. The standard InChI is InChI=1S/C17H30O2/c1-13-9-15(11-17(2,3)10-13)19-12-16(18)14-7-5-4-6-8-14/h13-15H,4-12H2,1-3H3. The number of hydrogen-bond donors (Lipinski definition) is 0. The van der Waals surface area contributed by atoms with Crippen LogP contribution in [-0.4, -0.2) is 18.5 Å². The van der Waals surface area contributed by atoms with Crippen LogP contribution in [0.3, 0.4) is 0 Å². The highest BCUT2D eigenvalue weighted by Gasteiger charge is 2.33. The normalized spacial score (nSPS) is 32.2. The van der Waals surface area contributed by atoms with Crippen molar-refractivity contribution in [2.75, 3.05) is 6.61 Å². The second kappa shape index (κ2) is 6.39. The zero-order valence-electron chi connectivity index (χ0n) is 12.9. The van der Waals surface area contributed by atoms with Crippen molar-refractivity contribution in [3.8, 4) is 0 Å². The minimum Gasteiger partial charge on any atom is -0.370 e. The van der Waals surface area contributed by atoms with Crippen LogP contribution >= 0.6 is 0 Å². The fourth-order valence-corrected chi connectivity index (χ4v) is 4.13. The van der Waals surface area contributed by atoms with Crippen LogP contribution in [0, 0.1) is 17.3 Å². The molecule has 0 aromatic rings. The molecule has 0 radical (unpaired) electrons. The molecule has 0 aromatic heterocycles. The van der Waals surface area contributed by atoms with Gasteiger partial charge >= 0.3 is 0 Å². The summed E-state index contributed by atoms with van der Waals surface area (Å²) in [6.07, 6.45) is 9.75. The molecule has 2 unspecified atom stereocenters. The van der Waals surface area contributed by atoms with Crippen molar-refractivity contribution in [3.63, 3.8) is 0 Å². The Morgan fingerprint density at radius 3 is 2.47 bits per heavy atom. The summed E-state index contributed by atoms with van der Waals surface area (Å²) in [5, 5.41) is 0. The van der Waals surface area contributed by atoms with Crippen molar-refractivity contribution < 1.29 is 9.53 Å². The van der Waals surface area contributed by atoms with Gasteiger partial charge in [0.05, 0.1) is 6.10 Å². The van der Waals surface area contributed by atoms with E-state index in [1.807, 2.05) is 0 Å². The van der Waals surface area contributed by atoms with Crippen molar-refractivity contribution in [1.82, 2.24) is 0 Å². The lowest BCUT2D eigenvalue weighted by atomic mass is 9.71. The van der Waals surface area contributed by atoms with Crippen molar-refractivity contribution >= 4 is 5.78 Å². The fourth-order valence-electron chi connectivity index (χ4n) is 4.13. The van der Waals surface area contributed by atoms with Crippen molar-refractivity contribution in [3.05, 3.63) is 0 Å². The second-order valence-corrected chi connectivity index (χ2v) is 7.65. The maximum Gasteiger partial charge on any atom is 0.161 e. The molecule has 2 nitrogen and oxygen atoms in total. The van der Waals surface area contributed by atoms with Crippen LogP contribution in [0.1, 0.15) is 72.1 Å². The quantitative estimate of drug-likeness (QED) is 0.755. The third kappa shape index (κ3) is 4.59. The average Bonchev–Trinajstić information content (AvgIpc) is 2.34. The number of carbonyl (C=O) groups is 1.